The lowest BCUT2D eigenvalue weighted by Gasteiger charge is -2.23. The highest BCUT2D eigenvalue weighted by Gasteiger charge is 2.26. The van der Waals surface area contributed by atoms with Gasteiger partial charge in [0.2, 0.25) is 0 Å². The molecule has 19 heavy (non-hydrogen) atoms. The maximum atomic E-state index is 12.5. The first-order chi connectivity index (χ1) is 8.89. The molecule has 1 fully saturated rings. The van der Waals surface area contributed by atoms with Crippen molar-refractivity contribution in [3.8, 4) is 5.75 Å². The Balaban J connectivity index is 2.17. The number of carbonyl (C=O) groups is 1. The molecule has 1 aliphatic rings. The minimum atomic E-state index is -0.0846. The number of likely N-dealkylation sites (tertiary alicyclic amines) is 1. The lowest BCUT2D eigenvalue weighted by atomic mass is 9.85. The highest BCUT2D eigenvalue weighted by atomic mass is 35.5. The molecule has 1 heterocycles. The van der Waals surface area contributed by atoms with Gasteiger partial charge in [-0.05, 0) is 42.9 Å². The van der Waals surface area contributed by atoms with Crippen molar-refractivity contribution in [2.45, 2.75) is 33.1 Å². The predicted octanol–water partition coefficient (Wildman–Crippen LogP) is 3.70. The zero-order valence-electron chi connectivity index (χ0n) is 11.4. The molecule has 0 atom stereocenters. The molecular formula is C15H20ClNO2. The zero-order chi connectivity index (χ0) is 14.0. The monoisotopic (exact) mass is 281 g/mol. The van der Waals surface area contributed by atoms with Crippen LogP contribution in [0.5, 0.6) is 5.75 Å². The number of nitrogens with zero attached hydrogens (tertiary/aromatic N) is 1. The van der Waals surface area contributed by atoms with Gasteiger partial charge in [-0.2, -0.15) is 0 Å². The molecule has 1 saturated heterocycles. The number of phenolic OH excluding ortho intramolecular Hbond substituents is 1. The largest absolute Gasteiger partial charge is 0.508 e. The summed E-state index contributed by atoms with van der Waals surface area (Å²) in [7, 11) is 0. The van der Waals surface area contributed by atoms with E-state index in [4.69, 9.17) is 11.6 Å². The van der Waals surface area contributed by atoms with Gasteiger partial charge in [0.05, 0.1) is 10.6 Å². The molecule has 3 nitrogen and oxygen atoms in total. The molecule has 0 spiro atoms. The van der Waals surface area contributed by atoms with Crippen molar-refractivity contribution in [1.82, 2.24) is 4.90 Å². The number of aromatic hydroxyl groups is 1. The predicted molar refractivity (Wildman–Crippen MR) is 76.7 cm³/mol. The summed E-state index contributed by atoms with van der Waals surface area (Å²) in [6, 6.07) is 4.50. The van der Waals surface area contributed by atoms with Crippen LogP contribution in [0.15, 0.2) is 18.2 Å². The summed E-state index contributed by atoms with van der Waals surface area (Å²) < 4.78 is 0. The number of halogens is 1. The van der Waals surface area contributed by atoms with Crippen molar-refractivity contribution in [3.63, 3.8) is 0 Å². The maximum absolute atomic E-state index is 12.5. The third-order valence-corrected chi connectivity index (χ3v) is 4.14. The summed E-state index contributed by atoms with van der Waals surface area (Å²) in [4.78, 5) is 14.3. The Morgan fingerprint density at radius 1 is 1.32 bits per heavy atom. The second kappa shape index (κ2) is 5.41. The van der Waals surface area contributed by atoms with E-state index in [0.717, 1.165) is 32.4 Å². The normalized spacial score (nSPS) is 19.0. The van der Waals surface area contributed by atoms with Gasteiger partial charge in [0, 0.05) is 13.1 Å². The molecule has 1 aromatic rings. The minimum absolute atomic E-state index is 0.0721. The molecule has 0 bridgehead atoms. The van der Waals surface area contributed by atoms with E-state index < -0.39 is 0 Å². The topological polar surface area (TPSA) is 40.5 Å². The zero-order valence-corrected chi connectivity index (χ0v) is 12.2. The van der Waals surface area contributed by atoms with Crippen LogP contribution in [-0.4, -0.2) is 29.0 Å². The Bertz CT molecular complexity index is 485. The van der Waals surface area contributed by atoms with Gasteiger partial charge in [-0.15, -0.1) is 0 Å². The highest BCUT2D eigenvalue weighted by molar-refractivity contribution is 6.33. The van der Waals surface area contributed by atoms with Crippen LogP contribution in [0.3, 0.4) is 0 Å². The fourth-order valence-electron chi connectivity index (χ4n) is 2.47. The molecule has 104 valence electrons. The molecule has 1 amide bonds. The van der Waals surface area contributed by atoms with E-state index in [0.29, 0.717) is 10.6 Å². The average Bonchev–Trinajstić information content (AvgIpc) is 2.52. The van der Waals surface area contributed by atoms with Crippen LogP contribution in [0.2, 0.25) is 5.02 Å². The number of amides is 1. The van der Waals surface area contributed by atoms with Crippen LogP contribution in [-0.2, 0) is 0 Å². The van der Waals surface area contributed by atoms with E-state index >= 15 is 0 Å². The van der Waals surface area contributed by atoms with Crippen LogP contribution < -0.4 is 0 Å². The van der Waals surface area contributed by atoms with Crippen LogP contribution >= 0.6 is 11.6 Å². The van der Waals surface area contributed by atoms with Crippen molar-refractivity contribution < 1.29 is 9.90 Å². The molecule has 1 N–H and O–H groups in total. The second-order valence-electron chi connectivity index (χ2n) is 5.97. The van der Waals surface area contributed by atoms with Crippen LogP contribution in [0.1, 0.15) is 43.5 Å². The van der Waals surface area contributed by atoms with Gasteiger partial charge in [0.1, 0.15) is 5.75 Å². The first-order valence-corrected chi connectivity index (χ1v) is 7.05. The lowest BCUT2D eigenvalue weighted by molar-refractivity contribution is 0.0757. The number of phenols is 1. The summed E-state index contributed by atoms with van der Waals surface area (Å²) in [6.07, 6.45) is 3.13. The quantitative estimate of drug-likeness (QED) is 0.853. The molecular weight excluding hydrogens is 262 g/mol. The van der Waals surface area contributed by atoms with Crippen molar-refractivity contribution in [2.75, 3.05) is 13.1 Å². The van der Waals surface area contributed by atoms with E-state index in [1.165, 1.54) is 12.1 Å². The maximum Gasteiger partial charge on any atom is 0.255 e. The number of hydrogen-bond acceptors (Lipinski definition) is 2. The Morgan fingerprint density at radius 2 is 2.05 bits per heavy atom. The molecule has 4 heteroatoms. The molecule has 0 aromatic heterocycles. The lowest BCUT2D eigenvalue weighted by Crippen LogP contribution is -2.32. The summed E-state index contributed by atoms with van der Waals surface area (Å²) >= 11 is 6.05. The van der Waals surface area contributed by atoms with Gasteiger partial charge in [0.25, 0.3) is 5.91 Å². The second-order valence-corrected chi connectivity index (χ2v) is 6.38. The van der Waals surface area contributed by atoms with E-state index in [1.54, 1.807) is 6.07 Å². The summed E-state index contributed by atoms with van der Waals surface area (Å²) in [5.41, 5.74) is 0.679. The number of hydrogen-bond donors (Lipinski definition) is 1. The summed E-state index contributed by atoms with van der Waals surface area (Å²) in [6.45, 7) is 5.98. The standard InChI is InChI=1S/C15H20ClNO2/c1-15(2)6-3-8-17(9-7-15)14(19)12-10-11(18)4-5-13(12)16/h4-5,10,18H,3,6-9H2,1-2H3. The van der Waals surface area contributed by atoms with Crippen molar-refractivity contribution in [3.05, 3.63) is 28.8 Å². The average molecular weight is 282 g/mol. The van der Waals surface area contributed by atoms with Gasteiger partial charge < -0.3 is 10.0 Å². The van der Waals surface area contributed by atoms with Crippen molar-refractivity contribution in [1.29, 1.82) is 0 Å². The Labute approximate surface area is 119 Å². The number of benzene rings is 1. The first kappa shape index (κ1) is 14.2. The fraction of sp³-hybridized carbons (Fsp3) is 0.533. The van der Waals surface area contributed by atoms with Crippen LogP contribution in [0.4, 0.5) is 0 Å². The third-order valence-electron chi connectivity index (χ3n) is 3.81. The van der Waals surface area contributed by atoms with Gasteiger partial charge in [-0.1, -0.05) is 25.4 Å². The van der Waals surface area contributed by atoms with E-state index in [9.17, 15) is 9.90 Å². The van der Waals surface area contributed by atoms with E-state index in [-0.39, 0.29) is 17.1 Å². The van der Waals surface area contributed by atoms with Gasteiger partial charge >= 0.3 is 0 Å². The van der Waals surface area contributed by atoms with E-state index in [1.807, 2.05) is 4.90 Å². The van der Waals surface area contributed by atoms with Crippen LogP contribution in [0, 0.1) is 5.41 Å². The molecule has 1 aliphatic heterocycles. The van der Waals surface area contributed by atoms with Gasteiger partial charge in [0.15, 0.2) is 0 Å². The van der Waals surface area contributed by atoms with E-state index in [2.05, 4.69) is 13.8 Å². The van der Waals surface area contributed by atoms with Crippen molar-refractivity contribution >= 4 is 17.5 Å². The minimum Gasteiger partial charge on any atom is -0.508 e. The summed E-state index contributed by atoms with van der Waals surface area (Å²) in [5, 5.41) is 9.89. The van der Waals surface area contributed by atoms with Crippen molar-refractivity contribution in [2.24, 2.45) is 5.41 Å². The van der Waals surface area contributed by atoms with Gasteiger partial charge in [-0.3, -0.25) is 4.79 Å². The number of rotatable bonds is 1. The molecule has 0 radical (unpaired) electrons. The molecule has 0 unspecified atom stereocenters. The highest BCUT2D eigenvalue weighted by Crippen LogP contribution is 2.31. The van der Waals surface area contributed by atoms with Crippen LogP contribution in [0.25, 0.3) is 0 Å². The molecule has 2 rings (SSSR count). The fourth-order valence-corrected chi connectivity index (χ4v) is 2.67. The SMILES string of the molecule is CC1(C)CCCN(C(=O)c2cc(O)ccc2Cl)CC1. The Morgan fingerprint density at radius 3 is 2.79 bits per heavy atom. The smallest absolute Gasteiger partial charge is 0.255 e. The summed E-state index contributed by atoms with van der Waals surface area (Å²) in [5.74, 6) is -0.0125. The molecule has 0 aliphatic carbocycles. The van der Waals surface area contributed by atoms with Gasteiger partial charge in [-0.25, -0.2) is 0 Å². The molecule has 0 saturated carbocycles. The number of carbonyl (C=O) groups excluding carboxylic acids is 1. The first-order valence-electron chi connectivity index (χ1n) is 6.67. The molecule has 1 aromatic carbocycles. The third kappa shape index (κ3) is 3.41. The Kier molecular flexibility index (Phi) is 4.04. The Hall–Kier alpha value is -1.22.